The molecule has 2 nitrogen and oxygen atoms in total. The zero-order valence-electron chi connectivity index (χ0n) is 7.41. The smallest absolute Gasteiger partial charge is 0.0502 e. The Labute approximate surface area is 86.8 Å². The standard InChI is InChI=1S/C10H13BrN2/c11-9-5-2-1-4-8(9)10-6-3-7-13(10)12/h1-2,4-5,10H,3,6-7,12H2. The number of hydrogen-bond donors (Lipinski definition) is 1. The van der Waals surface area contributed by atoms with Crippen LogP contribution in [0.3, 0.4) is 0 Å². The van der Waals surface area contributed by atoms with E-state index in [1.807, 2.05) is 11.1 Å². The Morgan fingerprint density at radius 3 is 2.77 bits per heavy atom. The molecule has 0 radical (unpaired) electrons. The molecule has 0 aromatic heterocycles. The van der Waals surface area contributed by atoms with Gasteiger partial charge in [-0.1, -0.05) is 34.1 Å². The summed E-state index contributed by atoms with van der Waals surface area (Å²) in [6.45, 7) is 1.01. The van der Waals surface area contributed by atoms with Gasteiger partial charge in [-0.2, -0.15) is 0 Å². The molecule has 2 rings (SSSR count). The Morgan fingerprint density at radius 2 is 2.15 bits per heavy atom. The van der Waals surface area contributed by atoms with Crippen LogP contribution in [-0.2, 0) is 0 Å². The van der Waals surface area contributed by atoms with Gasteiger partial charge in [-0.05, 0) is 24.5 Å². The van der Waals surface area contributed by atoms with Crippen LogP contribution >= 0.6 is 15.9 Å². The van der Waals surface area contributed by atoms with Crippen molar-refractivity contribution in [1.82, 2.24) is 5.01 Å². The molecule has 70 valence electrons. The molecule has 0 amide bonds. The summed E-state index contributed by atoms with van der Waals surface area (Å²) < 4.78 is 1.16. The third kappa shape index (κ3) is 1.77. The lowest BCUT2D eigenvalue weighted by Gasteiger charge is -2.20. The molecule has 1 aliphatic rings. The number of benzene rings is 1. The van der Waals surface area contributed by atoms with Gasteiger partial charge in [0.1, 0.15) is 0 Å². The van der Waals surface area contributed by atoms with Crippen LogP contribution < -0.4 is 5.84 Å². The monoisotopic (exact) mass is 240 g/mol. The first kappa shape index (κ1) is 9.19. The minimum atomic E-state index is 0.399. The van der Waals surface area contributed by atoms with Crippen molar-refractivity contribution < 1.29 is 0 Å². The van der Waals surface area contributed by atoms with Gasteiger partial charge >= 0.3 is 0 Å². The normalized spacial score (nSPS) is 23.7. The topological polar surface area (TPSA) is 29.3 Å². The highest BCUT2D eigenvalue weighted by atomic mass is 79.9. The molecule has 1 heterocycles. The van der Waals surface area contributed by atoms with Crippen LogP contribution in [0.5, 0.6) is 0 Å². The van der Waals surface area contributed by atoms with E-state index in [1.165, 1.54) is 18.4 Å². The highest BCUT2D eigenvalue weighted by Crippen LogP contribution is 2.33. The summed E-state index contributed by atoms with van der Waals surface area (Å²) in [7, 11) is 0. The van der Waals surface area contributed by atoms with Crippen LogP contribution in [0.15, 0.2) is 28.7 Å². The molecule has 2 N–H and O–H groups in total. The minimum absolute atomic E-state index is 0.399. The average Bonchev–Trinajstić information content (AvgIpc) is 2.52. The third-order valence-corrected chi connectivity index (χ3v) is 3.28. The van der Waals surface area contributed by atoms with Gasteiger partial charge < -0.3 is 0 Å². The molecule has 1 fully saturated rings. The molecule has 0 bridgehead atoms. The number of halogens is 1. The fraction of sp³-hybridized carbons (Fsp3) is 0.400. The molecule has 0 aliphatic carbocycles. The van der Waals surface area contributed by atoms with Crippen LogP contribution in [0.4, 0.5) is 0 Å². The Hall–Kier alpha value is -0.380. The van der Waals surface area contributed by atoms with Gasteiger partial charge in [0.2, 0.25) is 0 Å². The fourth-order valence-corrected chi connectivity index (χ4v) is 2.42. The van der Waals surface area contributed by atoms with Gasteiger partial charge in [-0.15, -0.1) is 0 Å². The van der Waals surface area contributed by atoms with Gasteiger partial charge in [0.15, 0.2) is 0 Å². The number of rotatable bonds is 1. The van der Waals surface area contributed by atoms with Gasteiger partial charge in [0.25, 0.3) is 0 Å². The Kier molecular flexibility index (Phi) is 2.67. The average molecular weight is 241 g/mol. The minimum Gasteiger partial charge on any atom is -0.268 e. The summed E-state index contributed by atoms with van der Waals surface area (Å²) in [6.07, 6.45) is 2.36. The molecule has 0 spiro atoms. The van der Waals surface area contributed by atoms with Crippen molar-refractivity contribution in [2.45, 2.75) is 18.9 Å². The molecule has 1 saturated heterocycles. The first-order valence-electron chi connectivity index (χ1n) is 4.55. The first-order valence-corrected chi connectivity index (χ1v) is 5.34. The second-order valence-electron chi connectivity index (χ2n) is 3.42. The van der Waals surface area contributed by atoms with E-state index >= 15 is 0 Å². The van der Waals surface area contributed by atoms with Gasteiger partial charge in [-0.25, -0.2) is 5.01 Å². The second kappa shape index (κ2) is 3.78. The third-order valence-electron chi connectivity index (χ3n) is 2.56. The van der Waals surface area contributed by atoms with Crippen molar-refractivity contribution in [2.24, 2.45) is 5.84 Å². The molecular weight excluding hydrogens is 228 g/mol. The molecule has 0 saturated carbocycles. The van der Waals surface area contributed by atoms with Crippen molar-refractivity contribution in [3.8, 4) is 0 Å². The molecular formula is C10H13BrN2. The van der Waals surface area contributed by atoms with Crippen LogP contribution in [0.2, 0.25) is 0 Å². The number of nitrogens with zero attached hydrogens (tertiary/aromatic N) is 1. The number of hydrazine groups is 1. The van der Waals surface area contributed by atoms with Crippen molar-refractivity contribution in [3.63, 3.8) is 0 Å². The number of hydrogen-bond acceptors (Lipinski definition) is 2. The maximum Gasteiger partial charge on any atom is 0.0502 e. The summed E-state index contributed by atoms with van der Waals surface area (Å²) in [6, 6.07) is 8.70. The van der Waals surface area contributed by atoms with Crippen LogP contribution in [0.1, 0.15) is 24.4 Å². The lowest BCUT2D eigenvalue weighted by molar-refractivity contribution is 0.265. The van der Waals surface area contributed by atoms with Gasteiger partial charge in [0, 0.05) is 11.0 Å². The first-order chi connectivity index (χ1) is 6.29. The van der Waals surface area contributed by atoms with E-state index in [-0.39, 0.29) is 0 Å². The zero-order chi connectivity index (χ0) is 9.26. The summed E-state index contributed by atoms with van der Waals surface area (Å²) in [4.78, 5) is 0. The van der Waals surface area contributed by atoms with E-state index in [1.54, 1.807) is 0 Å². The molecule has 1 aromatic carbocycles. The van der Waals surface area contributed by atoms with E-state index in [2.05, 4.69) is 34.1 Å². The quantitative estimate of drug-likeness (QED) is 0.765. The molecule has 1 aliphatic heterocycles. The summed E-state index contributed by atoms with van der Waals surface area (Å²) in [5.41, 5.74) is 1.31. The van der Waals surface area contributed by atoms with Crippen molar-refractivity contribution >= 4 is 15.9 Å². The molecule has 3 heteroatoms. The summed E-state index contributed by atoms with van der Waals surface area (Å²) >= 11 is 3.55. The summed E-state index contributed by atoms with van der Waals surface area (Å²) in [5, 5.41) is 1.93. The van der Waals surface area contributed by atoms with Crippen LogP contribution in [0.25, 0.3) is 0 Å². The number of nitrogens with two attached hydrogens (primary N) is 1. The van der Waals surface area contributed by atoms with E-state index in [4.69, 9.17) is 5.84 Å². The van der Waals surface area contributed by atoms with E-state index in [9.17, 15) is 0 Å². The second-order valence-corrected chi connectivity index (χ2v) is 4.27. The fourth-order valence-electron chi connectivity index (χ4n) is 1.87. The highest BCUT2D eigenvalue weighted by Gasteiger charge is 2.24. The Morgan fingerprint density at radius 1 is 1.38 bits per heavy atom. The van der Waals surface area contributed by atoms with Crippen LogP contribution in [0, 0.1) is 0 Å². The zero-order valence-corrected chi connectivity index (χ0v) is 9.00. The van der Waals surface area contributed by atoms with Crippen LogP contribution in [-0.4, -0.2) is 11.6 Å². The summed E-state index contributed by atoms with van der Waals surface area (Å²) in [5.74, 6) is 5.89. The van der Waals surface area contributed by atoms with E-state index < -0.39 is 0 Å². The predicted octanol–water partition coefficient (Wildman–Crippen LogP) is 2.46. The van der Waals surface area contributed by atoms with Gasteiger partial charge in [0.05, 0.1) is 6.04 Å². The lowest BCUT2D eigenvalue weighted by Crippen LogP contribution is -2.30. The predicted molar refractivity (Wildman–Crippen MR) is 57.0 cm³/mol. The van der Waals surface area contributed by atoms with E-state index in [0.29, 0.717) is 6.04 Å². The largest absolute Gasteiger partial charge is 0.268 e. The van der Waals surface area contributed by atoms with E-state index in [0.717, 1.165) is 11.0 Å². The maximum absolute atomic E-state index is 5.89. The SMILES string of the molecule is NN1CCCC1c1ccccc1Br. The van der Waals surface area contributed by atoms with Crippen molar-refractivity contribution in [2.75, 3.05) is 6.54 Å². The maximum atomic E-state index is 5.89. The molecule has 1 atom stereocenters. The molecule has 1 unspecified atom stereocenters. The van der Waals surface area contributed by atoms with Crippen molar-refractivity contribution in [3.05, 3.63) is 34.3 Å². The van der Waals surface area contributed by atoms with Crippen molar-refractivity contribution in [1.29, 1.82) is 0 Å². The Bertz CT molecular complexity index is 301. The molecule has 1 aromatic rings. The highest BCUT2D eigenvalue weighted by molar-refractivity contribution is 9.10. The lowest BCUT2D eigenvalue weighted by atomic mass is 10.1. The molecule has 13 heavy (non-hydrogen) atoms. The Balaban J connectivity index is 2.29. The van der Waals surface area contributed by atoms with Gasteiger partial charge in [-0.3, -0.25) is 5.84 Å².